The second kappa shape index (κ2) is 8.16. The first kappa shape index (κ1) is 18.2. The molecule has 0 bridgehead atoms. The number of rotatable bonds is 7. The Kier molecular flexibility index (Phi) is 5.70. The molecule has 0 spiro atoms. The summed E-state index contributed by atoms with van der Waals surface area (Å²) in [5.74, 6) is 1.74. The minimum atomic E-state index is -0.389. The maximum atomic E-state index is 12.7. The summed E-state index contributed by atoms with van der Waals surface area (Å²) in [6, 6.07) is 0. The molecule has 2 amide bonds. The van der Waals surface area contributed by atoms with Crippen molar-refractivity contribution >= 4 is 11.8 Å². The maximum absolute atomic E-state index is 12.7. The maximum Gasteiger partial charge on any atom is 0.237 e. The van der Waals surface area contributed by atoms with Gasteiger partial charge in [-0.2, -0.15) is 0 Å². The van der Waals surface area contributed by atoms with E-state index in [-0.39, 0.29) is 24.3 Å². The summed E-state index contributed by atoms with van der Waals surface area (Å²) in [6.45, 7) is 4.25. The van der Waals surface area contributed by atoms with Crippen LogP contribution >= 0.6 is 0 Å². The number of primary amides is 1. The Bertz CT molecular complexity index is 765. The lowest BCUT2D eigenvalue weighted by molar-refractivity contribution is -0.132. The molecular formula is C18H26N6O2. The standard InChI is InChI=1S/C18H26N6O2/c1-2-16-20-6-10-22(16)9-5-17(26)23-8-3-4-14(12-23)18-21-7-11-24(18)13-15(19)25/h6-7,10-11,14H,2-5,8-9,12-13H2,1H3,(H2,19,25). The molecule has 2 aromatic rings. The lowest BCUT2D eigenvalue weighted by atomic mass is 9.96. The normalized spacial score (nSPS) is 17.4. The summed E-state index contributed by atoms with van der Waals surface area (Å²) in [6.07, 6.45) is 10.4. The number of nitrogens with two attached hydrogens (primary N) is 1. The topological polar surface area (TPSA) is 99.0 Å². The molecule has 1 fully saturated rings. The lowest BCUT2D eigenvalue weighted by Crippen LogP contribution is -2.40. The molecule has 0 aliphatic carbocycles. The van der Waals surface area contributed by atoms with Crippen LogP contribution < -0.4 is 5.73 Å². The van der Waals surface area contributed by atoms with E-state index in [1.54, 1.807) is 23.2 Å². The Morgan fingerprint density at radius 3 is 2.77 bits per heavy atom. The minimum absolute atomic E-state index is 0.125. The van der Waals surface area contributed by atoms with Crippen LogP contribution in [0.4, 0.5) is 0 Å². The number of aromatic nitrogens is 4. The van der Waals surface area contributed by atoms with Crippen LogP contribution in [0.5, 0.6) is 0 Å². The van der Waals surface area contributed by atoms with Gasteiger partial charge >= 0.3 is 0 Å². The first-order chi connectivity index (χ1) is 12.6. The molecule has 0 aromatic carbocycles. The number of imidazole rings is 2. The molecule has 3 heterocycles. The molecule has 1 aliphatic rings. The zero-order valence-corrected chi connectivity index (χ0v) is 15.2. The number of aryl methyl sites for hydroxylation is 2. The summed E-state index contributed by atoms with van der Waals surface area (Å²) >= 11 is 0. The molecule has 26 heavy (non-hydrogen) atoms. The Labute approximate surface area is 153 Å². The van der Waals surface area contributed by atoms with Crippen LogP contribution in [0.1, 0.15) is 43.8 Å². The molecule has 2 N–H and O–H groups in total. The van der Waals surface area contributed by atoms with Gasteiger partial charge in [-0.15, -0.1) is 0 Å². The zero-order valence-electron chi connectivity index (χ0n) is 15.2. The number of carbonyl (C=O) groups is 2. The molecule has 1 aliphatic heterocycles. The number of hydrogen-bond acceptors (Lipinski definition) is 4. The van der Waals surface area contributed by atoms with Gasteiger partial charge in [0.25, 0.3) is 0 Å². The fourth-order valence-corrected chi connectivity index (χ4v) is 3.63. The minimum Gasteiger partial charge on any atom is -0.368 e. The quantitative estimate of drug-likeness (QED) is 0.796. The SMILES string of the molecule is CCc1nccn1CCC(=O)N1CCCC(c2nccn2CC(N)=O)C1. The molecule has 0 radical (unpaired) electrons. The fraction of sp³-hybridized carbons (Fsp3) is 0.556. The van der Waals surface area contributed by atoms with Gasteiger partial charge in [0.2, 0.25) is 11.8 Å². The van der Waals surface area contributed by atoms with Crippen LogP contribution in [0.2, 0.25) is 0 Å². The van der Waals surface area contributed by atoms with E-state index < -0.39 is 0 Å². The molecule has 3 rings (SSSR count). The van der Waals surface area contributed by atoms with E-state index in [1.807, 2.05) is 15.7 Å². The fourth-order valence-electron chi connectivity index (χ4n) is 3.63. The van der Waals surface area contributed by atoms with Crippen molar-refractivity contribution in [2.45, 2.75) is 51.6 Å². The van der Waals surface area contributed by atoms with Crippen molar-refractivity contribution in [1.29, 1.82) is 0 Å². The second-order valence-corrected chi connectivity index (χ2v) is 6.70. The Hall–Kier alpha value is -2.64. The number of hydrogen-bond donors (Lipinski definition) is 1. The van der Waals surface area contributed by atoms with Crippen LogP contribution in [0.25, 0.3) is 0 Å². The predicted octanol–water partition coefficient (Wildman–Crippen LogP) is 0.924. The third-order valence-electron chi connectivity index (χ3n) is 4.90. The van der Waals surface area contributed by atoms with Gasteiger partial charge in [0.15, 0.2) is 0 Å². The van der Waals surface area contributed by atoms with E-state index in [2.05, 4.69) is 16.9 Å². The molecule has 1 saturated heterocycles. The highest BCUT2D eigenvalue weighted by Gasteiger charge is 2.27. The first-order valence-electron chi connectivity index (χ1n) is 9.15. The number of amides is 2. The summed E-state index contributed by atoms with van der Waals surface area (Å²) in [7, 11) is 0. The van der Waals surface area contributed by atoms with Crippen LogP contribution in [-0.2, 0) is 29.1 Å². The highest BCUT2D eigenvalue weighted by atomic mass is 16.2. The van der Waals surface area contributed by atoms with Gasteiger partial charge in [0.1, 0.15) is 18.2 Å². The summed E-state index contributed by atoms with van der Waals surface area (Å²) in [5, 5.41) is 0. The van der Waals surface area contributed by atoms with Gasteiger partial charge in [0, 0.05) is 63.2 Å². The molecule has 1 atom stereocenters. The first-order valence-corrected chi connectivity index (χ1v) is 9.15. The Morgan fingerprint density at radius 2 is 2.00 bits per heavy atom. The molecule has 8 heteroatoms. The molecule has 140 valence electrons. The molecular weight excluding hydrogens is 332 g/mol. The van der Waals surface area contributed by atoms with E-state index in [4.69, 9.17) is 5.73 Å². The second-order valence-electron chi connectivity index (χ2n) is 6.70. The zero-order chi connectivity index (χ0) is 18.5. The lowest BCUT2D eigenvalue weighted by Gasteiger charge is -2.32. The predicted molar refractivity (Wildman–Crippen MR) is 96.2 cm³/mol. The number of likely N-dealkylation sites (tertiary alicyclic amines) is 1. The van der Waals surface area contributed by atoms with Crippen molar-refractivity contribution in [2.75, 3.05) is 13.1 Å². The van der Waals surface area contributed by atoms with Gasteiger partial charge in [-0.25, -0.2) is 9.97 Å². The number of piperidine rings is 1. The van der Waals surface area contributed by atoms with Gasteiger partial charge < -0.3 is 19.8 Å². The van der Waals surface area contributed by atoms with Crippen molar-refractivity contribution < 1.29 is 9.59 Å². The van der Waals surface area contributed by atoms with Gasteiger partial charge in [0.05, 0.1) is 0 Å². The summed E-state index contributed by atoms with van der Waals surface area (Å²) in [5.41, 5.74) is 5.31. The smallest absolute Gasteiger partial charge is 0.237 e. The third-order valence-corrected chi connectivity index (χ3v) is 4.90. The van der Waals surface area contributed by atoms with Crippen LogP contribution in [-0.4, -0.2) is 48.9 Å². The molecule has 0 saturated carbocycles. The van der Waals surface area contributed by atoms with Crippen molar-refractivity contribution in [3.63, 3.8) is 0 Å². The van der Waals surface area contributed by atoms with Crippen molar-refractivity contribution in [3.8, 4) is 0 Å². The largest absolute Gasteiger partial charge is 0.368 e. The van der Waals surface area contributed by atoms with Crippen LogP contribution in [0.15, 0.2) is 24.8 Å². The number of nitrogens with zero attached hydrogens (tertiary/aromatic N) is 5. The van der Waals surface area contributed by atoms with E-state index in [0.717, 1.165) is 37.5 Å². The highest BCUT2D eigenvalue weighted by Crippen LogP contribution is 2.26. The van der Waals surface area contributed by atoms with Crippen molar-refractivity contribution in [3.05, 3.63) is 36.4 Å². The Morgan fingerprint density at radius 1 is 1.23 bits per heavy atom. The van der Waals surface area contributed by atoms with E-state index in [9.17, 15) is 9.59 Å². The van der Waals surface area contributed by atoms with E-state index in [1.165, 1.54) is 0 Å². The summed E-state index contributed by atoms with van der Waals surface area (Å²) < 4.78 is 3.83. The molecule has 8 nitrogen and oxygen atoms in total. The molecule has 1 unspecified atom stereocenters. The van der Waals surface area contributed by atoms with Gasteiger partial charge in [-0.1, -0.05) is 6.92 Å². The van der Waals surface area contributed by atoms with E-state index in [0.29, 0.717) is 19.5 Å². The average Bonchev–Trinajstić information content (AvgIpc) is 3.28. The van der Waals surface area contributed by atoms with Crippen molar-refractivity contribution in [2.24, 2.45) is 5.73 Å². The summed E-state index contributed by atoms with van der Waals surface area (Å²) in [4.78, 5) is 34.5. The third kappa shape index (κ3) is 4.12. The van der Waals surface area contributed by atoms with E-state index >= 15 is 0 Å². The van der Waals surface area contributed by atoms with Crippen LogP contribution in [0, 0.1) is 0 Å². The Balaban J connectivity index is 1.60. The van der Waals surface area contributed by atoms with Crippen molar-refractivity contribution in [1.82, 2.24) is 24.0 Å². The highest BCUT2D eigenvalue weighted by molar-refractivity contribution is 5.76. The number of carbonyl (C=O) groups excluding carboxylic acids is 2. The van der Waals surface area contributed by atoms with Gasteiger partial charge in [-0.05, 0) is 12.8 Å². The van der Waals surface area contributed by atoms with Gasteiger partial charge in [-0.3, -0.25) is 9.59 Å². The van der Waals surface area contributed by atoms with Crippen LogP contribution in [0.3, 0.4) is 0 Å². The average molecular weight is 358 g/mol. The monoisotopic (exact) mass is 358 g/mol. The molecule has 2 aromatic heterocycles.